The number of amides is 1. The van der Waals surface area contributed by atoms with E-state index in [1.807, 2.05) is 0 Å². The van der Waals surface area contributed by atoms with Crippen LogP contribution in [0.4, 0.5) is 5.69 Å². The number of anilines is 1. The van der Waals surface area contributed by atoms with Crippen molar-refractivity contribution in [3.05, 3.63) is 26.7 Å². The van der Waals surface area contributed by atoms with E-state index in [0.717, 1.165) is 0 Å². The second-order valence-electron chi connectivity index (χ2n) is 2.83. The van der Waals surface area contributed by atoms with Crippen LogP contribution < -0.4 is 5.32 Å². The van der Waals surface area contributed by atoms with Crippen LogP contribution in [0.5, 0.6) is 0 Å². The third-order valence-corrected chi connectivity index (χ3v) is 3.84. The third kappa shape index (κ3) is 3.34. The summed E-state index contributed by atoms with van der Waals surface area (Å²) in [6, 6.07) is 3.41. The molecule has 82 valence electrons. The van der Waals surface area contributed by atoms with Gasteiger partial charge in [0.2, 0.25) is 5.91 Å². The summed E-state index contributed by atoms with van der Waals surface area (Å²) in [6.07, 6.45) is 0. The summed E-state index contributed by atoms with van der Waals surface area (Å²) in [5.74, 6) is -0.171. The molecule has 0 aromatic heterocycles. The van der Waals surface area contributed by atoms with Gasteiger partial charge in [0.05, 0.1) is 20.6 Å². The molecule has 0 saturated heterocycles. The number of carbonyl (C=O) groups excluding carboxylic acids is 1. The molecule has 2 nitrogen and oxygen atoms in total. The number of nitrogens with one attached hydrogen (secondary N) is 1. The van der Waals surface area contributed by atoms with Crippen LogP contribution in [-0.4, -0.2) is 10.7 Å². The number of hydrogen-bond donors (Lipinski definition) is 1. The number of alkyl halides is 1. The Balaban J connectivity index is 2.97. The molecule has 0 bridgehead atoms. The first kappa shape index (κ1) is 13.3. The van der Waals surface area contributed by atoms with Crippen molar-refractivity contribution < 1.29 is 4.79 Å². The normalized spacial score (nSPS) is 12.3. The van der Waals surface area contributed by atoms with Gasteiger partial charge in [-0.1, -0.05) is 39.1 Å². The smallest absolute Gasteiger partial charge is 0.237 e. The third-order valence-electron chi connectivity index (χ3n) is 1.65. The van der Waals surface area contributed by atoms with Crippen molar-refractivity contribution in [1.29, 1.82) is 0 Å². The summed E-state index contributed by atoms with van der Waals surface area (Å²) < 4.78 is 0.694. The molecule has 0 spiro atoms. The first-order chi connectivity index (χ1) is 6.93. The molecular weight excluding hydrogens is 369 g/mol. The van der Waals surface area contributed by atoms with Crippen LogP contribution in [0, 0.1) is 0 Å². The first-order valence-corrected chi connectivity index (χ1v) is 6.48. The SMILES string of the molecule is CC(Br)C(=O)Nc1ccc(Br)c(Cl)c1Cl. The van der Waals surface area contributed by atoms with Gasteiger partial charge in [0.25, 0.3) is 0 Å². The van der Waals surface area contributed by atoms with Crippen molar-refractivity contribution in [3.8, 4) is 0 Å². The Morgan fingerprint density at radius 3 is 2.53 bits per heavy atom. The number of rotatable bonds is 2. The fraction of sp³-hybridized carbons (Fsp3) is 0.222. The molecule has 1 aromatic carbocycles. The van der Waals surface area contributed by atoms with E-state index in [1.54, 1.807) is 19.1 Å². The largest absolute Gasteiger partial charge is 0.324 e. The minimum Gasteiger partial charge on any atom is -0.324 e. The minimum absolute atomic E-state index is 0.171. The zero-order valence-electron chi connectivity index (χ0n) is 7.65. The zero-order valence-corrected chi connectivity index (χ0v) is 12.3. The molecule has 15 heavy (non-hydrogen) atoms. The maximum atomic E-state index is 11.4. The van der Waals surface area contributed by atoms with Gasteiger partial charge in [0, 0.05) is 4.47 Å². The average Bonchev–Trinajstić information content (AvgIpc) is 2.18. The Hall–Kier alpha value is 0.230. The summed E-state index contributed by atoms with van der Waals surface area (Å²) in [6.45, 7) is 1.73. The molecular formula is C9H7Br2Cl2NO. The molecule has 0 heterocycles. The van der Waals surface area contributed by atoms with Gasteiger partial charge in [-0.15, -0.1) is 0 Å². The van der Waals surface area contributed by atoms with Gasteiger partial charge in [0.1, 0.15) is 0 Å². The zero-order chi connectivity index (χ0) is 11.6. The summed E-state index contributed by atoms with van der Waals surface area (Å²) in [7, 11) is 0. The van der Waals surface area contributed by atoms with Gasteiger partial charge in [0.15, 0.2) is 0 Å². The molecule has 0 aliphatic carbocycles. The van der Waals surface area contributed by atoms with Crippen molar-refractivity contribution in [2.45, 2.75) is 11.8 Å². The molecule has 6 heteroatoms. The fourth-order valence-electron chi connectivity index (χ4n) is 0.855. The molecule has 0 aliphatic rings. The van der Waals surface area contributed by atoms with Crippen molar-refractivity contribution in [2.75, 3.05) is 5.32 Å². The van der Waals surface area contributed by atoms with Crippen LogP contribution in [-0.2, 0) is 4.79 Å². The van der Waals surface area contributed by atoms with Gasteiger partial charge < -0.3 is 5.32 Å². The van der Waals surface area contributed by atoms with Crippen LogP contribution in [0.1, 0.15) is 6.92 Å². The van der Waals surface area contributed by atoms with Gasteiger partial charge in [-0.25, -0.2) is 0 Å². The van der Waals surface area contributed by atoms with Gasteiger partial charge in [-0.2, -0.15) is 0 Å². The van der Waals surface area contributed by atoms with E-state index in [0.29, 0.717) is 20.2 Å². The van der Waals surface area contributed by atoms with Crippen molar-refractivity contribution in [2.24, 2.45) is 0 Å². The summed E-state index contributed by atoms with van der Waals surface area (Å²) in [5, 5.41) is 3.37. The second kappa shape index (κ2) is 5.53. The van der Waals surface area contributed by atoms with Gasteiger partial charge in [-0.3, -0.25) is 4.79 Å². The molecule has 1 N–H and O–H groups in total. The van der Waals surface area contributed by atoms with E-state index >= 15 is 0 Å². The molecule has 1 aromatic rings. The van der Waals surface area contributed by atoms with E-state index in [4.69, 9.17) is 23.2 Å². The van der Waals surface area contributed by atoms with E-state index in [1.165, 1.54) is 0 Å². The lowest BCUT2D eigenvalue weighted by Crippen LogP contribution is -2.20. The van der Waals surface area contributed by atoms with Crippen LogP contribution in [0.15, 0.2) is 16.6 Å². The Kier molecular flexibility index (Phi) is 4.90. The average molecular weight is 376 g/mol. The fourth-order valence-corrected chi connectivity index (χ4v) is 1.79. The van der Waals surface area contributed by atoms with Gasteiger partial charge >= 0.3 is 0 Å². The quantitative estimate of drug-likeness (QED) is 0.599. The van der Waals surface area contributed by atoms with Crippen LogP contribution in [0.2, 0.25) is 10.0 Å². The Morgan fingerprint density at radius 1 is 1.40 bits per heavy atom. The second-order valence-corrected chi connectivity index (χ2v) is 5.81. The Labute approximate surface area is 115 Å². The Morgan fingerprint density at radius 2 is 2.00 bits per heavy atom. The number of halogens is 4. The van der Waals surface area contributed by atoms with E-state index in [9.17, 15) is 4.79 Å². The number of hydrogen-bond acceptors (Lipinski definition) is 1. The highest BCUT2D eigenvalue weighted by Crippen LogP contribution is 2.35. The highest BCUT2D eigenvalue weighted by atomic mass is 79.9. The first-order valence-electron chi connectivity index (χ1n) is 4.02. The van der Waals surface area contributed by atoms with Crippen molar-refractivity contribution >= 4 is 66.7 Å². The Bertz CT molecular complexity index is 396. The molecule has 1 unspecified atom stereocenters. The van der Waals surface area contributed by atoms with E-state index in [2.05, 4.69) is 37.2 Å². The molecule has 0 fully saturated rings. The monoisotopic (exact) mass is 373 g/mol. The van der Waals surface area contributed by atoms with E-state index in [-0.39, 0.29) is 10.7 Å². The predicted octanol–water partition coefficient (Wildman–Crippen LogP) is 4.48. The molecule has 0 radical (unpaired) electrons. The highest BCUT2D eigenvalue weighted by Gasteiger charge is 2.13. The van der Waals surface area contributed by atoms with E-state index < -0.39 is 0 Å². The van der Waals surface area contributed by atoms with Crippen molar-refractivity contribution in [3.63, 3.8) is 0 Å². The highest BCUT2D eigenvalue weighted by molar-refractivity contribution is 9.10. The summed E-state index contributed by atoms with van der Waals surface area (Å²) in [5.41, 5.74) is 0.501. The number of benzene rings is 1. The topological polar surface area (TPSA) is 29.1 Å². The summed E-state index contributed by atoms with van der Waals surface area (Å²) >= 11 is 18.3. The van der Waals surface area contributed by atoms with Gasteiger partial charge in [-0.05, 0) is 35.0 Å². The molecule has 1 amide bonds. The molecule has 1 rings (SSSR count). The number of carbonyl (C=O) groups is 1. The molecule has 0 saturated carbocycles. The molecule has 1 atom stereocenters. The lowest BCUT2D eigenvalue weighted by atomic mass is 10.3. The maximum Gasteiger partial charge on any atom is 0.237 e. The maximum absolute atomic E-state index is 11.4. The lowest BCUT2D eigenvalue weighted by molar-refractivity contribution is -0.115. The summed E-state index contributed by atoms with van der Waals surface area (Å²) in [4.78, 5) is 11.1. The predicted molar refractivity (Wildman–Crippen MR) is 71.2 cm³/mol. The van der Waals surface area contributed by atoms with Crippen LogP contribution in [0.3, 0.4) is 0 Å². The lowest BCUT2D eigenvalue weighted by Gasteiger charge is -2.10. The molecule has 0 aliphatic heterocycles. The van der Waals surface area contributed by atoms with Crippen LogP contribution >= 0.6 is 55.1 Å². The van der Waals surface area contributed by atoms with Crippen molar-refractivity contribution in [1.82, 2.24) is 0 Å². The standard InChI is InChI=1S/C9H7Br2Cl2NO/c1-4(10)9(15)14-6-3-2-5(11)7(12)8(6)13/h2-4H,1H3,(H,14,15). The van der Waals surface area contributed by atoms with Crippen LogP contribution in [0.25, 0.3) is 0 Å². The minimum atomic E-state index is -0.281.